The van der Waals surface area contributed by atoms with Crippen LogP contribution in [0.25, 0.3) is 0 Å². The molecule has 1 amide bonds. The summed E-state index contributed by atoms with van der Waals surface area (Å²) in [5.41, 5.74) is 1.10. The molecule has 1 N–H and O–H groups in total. The first-order valence-electron chi connectivity index (χ1n) is 9.53. The summed E-state index contributed by atoms with van der Waals surface area (Å²) < 4.78 is 44.8. The number of rotatable bonds is 8. The molecule has 2 aromatic rings. The zero-order valence-electron chi connectivity index (χ0n) is 17.5. The lowest BCUT2D eigenvalue weighted by Crippen LogP contribution is -2.28. The van der Waals surface area contributed by atoms with Crippen LogP contribution in [0.5, 0.6) is 17.2 Å². The van der Waals surface area contributed by atoms with Gasteiger partial charge in [-0.3, -0.25) is 4.79 Å². The average Bonchev–Trinajstić information content (AvgIpc) is 3.17. The molecule has 0 radical (unpaired) electrons. The Morgan fingerprint density at radius 1 is 1.00 bits per heavy atom. The van der Waals surface area contributed by atoms with E-state index in [2.05, 4.69) is 4.72 Å². The molecule has 0 aliphatic carbocycles. The Labute approximate surface area is 176 Å². The van der Waals surface area contributed by atoms with E-state index < -0.39 is 16.1 Å². The minimum atomic E-state index is -3.89. The van der Waals surface area contributed by atoms with Gasteiger partial charge in [-0.05, 0) is 49.7 Å². The zero-order valence-corrected chi connectivity index (χ0v) is 18.3. The molecule has 1 heterocycles. The summed E-state index contributed by atoms with van der Waals surface area (Å²) in [4.78, 5) is 13.8. The van der Waals surface area contributed by atoms with E-state index in [1.54, 1.807) is 43.2 Å². The Morgan fingerprint density at radius 3 is 2.30 bits per heavy atom. The topological polar surface area (TPSA) is 94.2 Å². The number of anilines is 1. The minimum absolute atomic E-state index is 0.0479. The molecule has 8 nitrogen and oxygen atoms in total. The number of methoxy groups -OCH3 is 3. The fourth-order valence-corrected chi connectivity index (χ4v) is 4.74. The smallest absolute Gasteiger partial charge is 0.241 e. The summed E-state index contributed by atoms with van der Waals surface area (Å²) in [5, 5.41) is 0. The average molecular weight is 435 g/mol. The van der Waals surface area contributed by atoms with Crippen molar-refractivity contribution in [1.82, 2.24) is 4.72 Å². The van der Waals surface area contributed by atoms with Crippen molar-refractivity contribution in [3.05, 3.63) is 42.0 Å². The largest absolute Gasteiger partial charge is 0.497 e. The van der Waals surface area contributed by atoms with Crippen LogP contribution in [0.15, 0.2) is 41.3 Å². The van der Waals surface area contributed by atoms with Gasteiger partial charge in [0.05, 0.1) is 31.9 Å². The second-order valence-electron chi connectivity index (χ2n) is 6.93. The first kappa shape index (κ1) is 21.9. The quantitative estimate of drug-likeness (QED) is 0.687. The van der Waals surface area contributed by atoms with Gasteiger partial charge in [0, 0.05) is 24.6 Å². The number of nitrogens with zero attached hydrogens (tertiary/aromatic N) is 1. The first-order chi connectivity index (χ1) is 14.3. The maximum absolute atomic E-state index is 13.1. The van der Waals surface area contributed by atoms with E-state index in [1.807, 2.05) is 0 Å². The zero-order chi connectivity index (χ0) is 21.9. The maximum Gasteiger partial charge on any atom is 0.241 e. The van der Waals surface area contributed by atoms with Crippen molar-refractivity contribution in [3.63, 3.8) is 0 Å². The number of carbonyl (C=O) groups excluding carboxylic acids is 1. The lowest BCUT2D eigenvalue weighted by Gasteiger charge is -2.21. The number of benzene rings is 2. The van der Waals surface area contributed by atoms with E-state index in [0.717, 1.165) is 6.42 Å². The molecule has 0 spiro atoms. The SMILES string of the molecule is COc1ccc(OC)c(C(C)NS(=O)(=O)c2ccc(OC)c(N3CCCC3=O)c2)c1. The van der Waals surface area contributed by atoms with Gasteiger partial charge in [-0.25, -0.2) is 13.1 Å². The molecule has 1 aliphatic rings. The van der Waals surface area contributed by atoms with Crippen LogP contribution in [-0.4, -0.2) is 42.2 Å². The van der Waals surface area contributed by atoms with Crippen molar-refractivity contribution >= 4 is 21.6 Å². The van der Waals surface area contributed by atoms with E-state index in [9.17, 15) is 13.2 Å². The summed E-state index contributed by atoms with van der Waals surface area (Å²) in [6.07, 6.45) is 1.16. The summed E-state index contributed by atoms with van der Waals surface area (Å²) in [7, 11) is 0.666. The predicted molar refractivity (Wildman–Crippen MR) is 113 cm³/mol. The molecule has 2 aromatic carbocycles. The van der Waals surface area contributed by atoms with Gasteiger partial charge in [-0.15, -0.1) is 0 Å². The molecule has 1 atom stereocenters. The number of amides is 1. The van der Waals surface area contributed by atoms with Gasteiger partial charge in [0.15, 0.2) is 0 Å². The Balaban J connectivity index is 1.93. The normalized spacial score (nSPS) is 15.2. The van der Waals surface area contributed by atoms with Gasteiger partial charge >= 0.3 is 0 Å². The van der Waals surface area contributed by atoms with Crippen LogP contribution < -0.4 is 23.8 Å². The Kier molecular flexibility index (Phi) is 6.52. The molecule has 1 fully saturated rings. The van der Waals surface area contributed by atoms with Crippen molar-refractivity contribution in [2.45, 2.75) is 30.7 Å². The fourth-order valence-electron chi connectivity index (χ4n) is 3.49. The highest BCUT2D eigenvalue weighted by atomic mass is 32.2. The molecule has 162 valence electrons. The summed E-state index contributed by atoms with van der Waals surface area (Å²) >= 11 is 0. The van der Waals surface area contributed by atoms with Gasteiger partial charge in [-0.1, -0.05) is 0 Å². The third-order valence-corrected chi connectivity index (χ3v) is 6.60. The van der Waals surface area contributed by atoms with Crippen LogP contribution >= 0.6 is 0 Å². The fraction of sp³-hybridized carbons (Fsp3) is 0.381. The number of ether oxygens (including phenoxy) is 3. The van der Waals surface area contributed by atoms with E-state index >= 15 is 0 Å². The van der Waals surface area contributed by atoms with Crippen molar-refractivity contribution in [2.24, 2.45) is 0 Å². The van der Waals surface area contributed by atoms with Gasteiger partial charge in [0.2, 0.25) is 15.9 Å². The Hall–Kier alpha value is -2.78. The first-order valence-corrected chi connectivity index (χ1v) is 11.0. The molecule has 1 saturated heterocycles. The number of hydrogen-bond acceptors (Lipinski definition) is 6. The van der Waals surface area contributed by atoms with Crippen LogP contribution in [0.4, 0.5) is 5.69 Å². The minimum Gasteiger partial charge on any atom is -0.497 e. The monoisotopic (exact) mass is 434 g/mol. The highest BCUT2D eigenvalue weighted by Crippen LogP contribution is 2.35. The molecular formula is C21H26N2O6S. The highest BCUT2D eigenvalue weighted by molar-refractivity contribution is 7.89. The van der Waals surface area contributed by atoms with Crippen molar-refractivity contribution in [1.29, 1.82) is 0 Å². The van der Waals surface area contributed by atoms with E-state index in [1.165, 1.54) is 26.4 Å². The van der Waals surface area contributed by atoms with Crippen LogP contribution in [0.2, 0.25) is 0 Å². The van der Waals surface area contributed by atoms with Crippen molar-refractivity contribution in [2.75, 3.05) is 32.8 Å². The van der Waals surface area contributed by atoms with Crippen molar-refractivity contribution < 1.29 is 27.4 Å². The van der Waals surface area contributed by atoms with Gasteiger partial charge < -0.3 is 19.1 Å². The summed E-state index contributed by atoms with van der Waals surface area (Å²) in [5.74, 6) is 1.54. The van der Waals surface area contributed by atoms with Crippen LogP contribution in [0.3, 0.4) is 0 Å². The second kappa shape index (κ2) is 8.93. The molecule has 30 heavy (non-hydrogen) atoms. The van der Waals surface area contributed by atoms with Gasteiger partial charge in [-0.2, -0.15) is 0 Å². The molecule has 1 aliphatic heterocycles. The lowest BCUT2D eigenvalue weighted by molar-refractivity contribution is -0.117. The molecule has 0 bridgehead atoms. The third-order valence-electron chi connectivity index (χ3n) is 5.06. The van der Waals surface area contributed by atoms with Crippen LogP contribution in [0, 0.1) is 0 Å². The predicted octanol–water partition coefficient (Wildman–Crippen LogP) is 2.88. The van der Waals surface area contributed by atoms with E-state index in [0.29, 0.717) is 41.5 Å². The lowest BCUT2D eigenvalue weighted by atomic mass is 10.1. The number of nitrogens with one attached hydrogen (secondary N) is 1. The molecule has 1 unspecified atom stereocenters. The Bertz CT molecular complexity index is 1040. The molecule has 3 rings (SSSR count). The van der Waals surface area contributed by atoms with E-state index in [4.69, 9.17) is 14.2 Å². The third kappa shape index (κ3) is 4.36. The van der Waals surface area contributed by atoms with Gasteiger partial charge in [0.1, 0.15) is 17.2 Å². The standard InChI is InChI=1S/C21H26N2O6S/c1-14(17-12-15(27-2)7-9-19(17)28-3)22-30(25,26)16-8-10-20(29-4)18(13-16)23-11-5-6-21(23)24/h7-10,12-14,22H,5-6,11H2,1-4H3. The number of carbonyl (C=O) groups is 1. The van der Waals surface area contributed by atoms with Crippen LogP contribution in [-0.2, 0) is 14.8 Å². The van der Waals surface area contributed by atoms with Crippen molar-refractivity contribution in [3.8, 4) is 17.2 Å². The van der Waals surface area contributed by atoms with Gasteiger partial charge in [0.25, 0.3) is 0 Å². The maximum atomic E-state index is 13.1. The molecular weight excluding hydrogens is 408 g/mol. The highest BCUT2D eigenvalue weighted by Gasteiger charge is 2.27. The molecule has 9 heteroatoms. The number of hydrogen-bond donors (Lipinski definition) is 1. The second-order valence-corrected chi connectivity index (χ2v) is 8.65. The molecule has 0 aromatic heterocycles. The summed E-state index contributed by atoms with van der Waals surface area (Å²) in [6.45, 7) is 2.26. The molecule has 0 saturated carbocycles. The number of sulfonamides is 1. The van der Waals surface area contributed by atoms with Crippen LogP contribution in [0.1, 0.15) is 31.4 Å². The summed E-state index contributed by atoms with van der Waals surface area (Å²) in [6, 6.07) is 9.11. The van der Waals surface area contributed by atoms with E-state index in [-0.39, 0.29) is 10.8 Å². The Morgan fingerprint density at radius 2 is 1.70 bits per heavy atom.